The summed E-state index contributed by atoms with van der Waals surface area (Å²) >= 11 is 0. The Morgan fingerprint density at radius 2 is 2.12 bits per heavy atom. The lowest BCUT2D eigenvalue weighted by Crippen LogP contribution is -2.20. The van der Waals surface area contributed by atoms with Crippen molar-refractivity contribution in [1.82, 2.24) is 4.72 Å². The molecule has 0 spiro atoms. The fourth-order valence-corrected chi connectivity index (χ4v) is 2.11. The first-order chi connectivity index (χ1) is 7.86. The van der Waals surface area contributed by atoms with E-state index in [1.165, 1.54) is 19.2 Å². The molecule has 5 N–H and O–H groups in total. The van der Waals surface area contributed by atoms with Gasteiger partial charge in [-0.15, -0.1) is 0 Å². The second-order valence-electron chi connectivity index (χ2n) is 3.69. The molecular weight excluding hydrogens is 242 g/mol. The summed E-state index contributed by atoms with van der Waals surface area (Å²) in [5.41, 5.74) is 6.49. The number of nitrogens with one attached hydrogen (secondary N) is 2. The van der Waals surface area contributed by atoms with Gasteiger partial charge >= 0.3 is 0 Å². The van der Waals surface area contributed by atoms with E-state index in [0.29, 0.717) is 12.2 Å². The average molecular weight is 259 g/mol. The molecule has 0 heterocycles. The first kappa shape index (κ1) is 13.8. The third kappa shape index (κ3) is 3.58. The van der Waals surface area contributed by atoms with Crippen molar-refractivity contribution < 1.29 is 13.5 Å². The number of aliphatic hydroxyl groups excluding tert-OH is 1. The van der Waals surface area contributed by atoms with Crippen LogP contribution in [-0.4, -0.2) is 33.2 Å². The van der Waals surface area contributed by atoms with Crippen LogP contribution in [0.1, 0.15) is 6.92 Å². The highest BCUT2D eigenvalue weighted by molar-refractivity contribution is 7.89. The number of benzene rings is 1. The summed E-state index contributed by atoms with van der Waals surface area (Å²) in [6.07, 6.45) is -0.489. The number of sulfonamides is 1. The maximum absolute atomic E-state index is 11.5. The molecule has 0 saturated carbocycles. The van der Waals surface area contributed by atoms with Gasteiger partial charge in [-0.25, -0.2) is 13.1 Å². The quantitative estimate of drug-likeness (QED) is 0.556. The normalized spacial score (nSPS) is 13.4. The van der Waals surface area contributed by atoms with Crippen LogP contribution in [0.15, 0.2) is 23.1 Å². The highest BCUT2D eigenvalue weighted by Gasteiger charge is 2.15. The van der Waals surface area contributed by atoms with Gasteiger partial charge in [0.25, 0.3) is 0 Å². The Morgan fingerprint density at radius 1 is 1.47 bits per heavy atom. The first-order valence-corrected chi connectivity index (χ1v) is 6.60. The van der Waals surface area contributed by atoms with E-state index in [0.717, 1.165) is 0 Å². The molecule has 1 atom stereocenters. The molecule has 1 aromatic rings. The number of hydrogen-bond acceptors (Lipinski definition) is 5. The molecule has 1 aromatic carbocycles. The van der Waals surface area contributed by atoms with Gasteiger partial charge in [0.2, 0.25) is 10.0 Å². The lowest BCUT2D eigenvalue weighted by molar-refractivity contribution is 0.208. The number of nitrogens with two attached hydrogens (primary N) is 1. The van der Waals surface area contributed by atoms with Crippen LogP contribution in [0, 0.1) is 0 Å². The molecule has 0 aliphatic rings. The van der Waals surface area contributed by atoms with Crippen molar-refractivity contribution in [2.24, 2.45) is 0 Å². The van der Waals surface area contributed by atoms with Crippen LogP contribution < -0.4 is 15.8 Å². The predicted molar refractivity (Wildman–Crippen MR) is 67.3 cm³/mol. The van der Waals surface area contributed by atoms with Crippen molar-refractivity contribution in [2.45, 2.75) is 17.9 Å². The maximum atomic E-state index is 11.5. The molecule has 96 valence electrons. The van der Waals surface area contributed by atoms with Crippen molar-refractivity contribution in [3.8, 4) is 0 Å². The number of rotatable bonds is 5. The summed E-state index contributed by atoms with van der Waals surface area (Å²) in [5.74, 6) is 0. The number of aliphatic hydroxyl groups is 1. The summed E-state index contributed by atoms with van der Waals surface area (Å²) in [7, 11) is -2.20. The van der Waals surface area contributed by atoms with Crippen molar-refractivity contribution >= 4 is 21.4 Å². The molecule has 17 heavy (non-hydrogen) atoms. The predicted octanol–water partition coefficient (Wildman–Crippen LogP) is -0.0304. The first-order valence-electron chi connectivity index (χ1n) is 5.12. The zero-order valence-electron chi connectivity index (χ0n) is 9.77. The van der Waals surface area contributed by atoms with Gasteiger partial charge in [0.15, 0.2) is 0 Å². The Balaban J connectivity index is 2.95. The maximum Gasteiger partial charge on any atom is 0.242 e. The van der Waals surface area contributed by atoms with E-state index < -0.39 is 16.1 Å². The van der Waals surface area contributed by atoms with E-state index in [1.807, 2.05) is 0 Å². The minimum atomic E-state index is -3.53. The topological polar surface area (TPSA) is 104 Å². The fraction of sp³-hybridized carbons (Fsp3) is 0.400. The molecule has 0 radical (unpaired) electrons. The molecule has 0 fully saturated rings. The lowest BCUT2D eigenvalue weighted by Gasteiger charge is -2.11. The molecule has 0 amide bonds. The third-order valence-electron chi connectivity index (χ3n) is 2.17. The van der Waals surface area contributed by atoms with Gasteiger partial charge in [-0.3, -0.25) is 0 Å². The number of hydrogen-bond donors (Lipinski definition) is 4. The Kier molecular flexibility index (Phi) is 4.33. The molecule has 0 aromatic heterocycles. The number of anilines is 2. The number of nitrogen functional groups attached to an aromatic ring is 1. The summed E-state index contributed by atoms with van der Waals surface area (Å²) in [6.45, 7) is 2.02. The van der Waals surface area contributed by atoms with Crippen LogP contribution in [0.4, 0.5) is 11.4 Å². The van der Waals surface area contributed by atoms with Gasteiger partial charge in [0, 0.05) is 12.2 Å². The van der Waals surface area contributed by atoms with E-state index in [-0.39, 0.29) is 10.6 Å². The van der Waals surface area contributed by atoms with Crippen LogP contribution in [0.25, 0.3) is 0 Å². The second kappa shape index (κ2) is 5.35. The van der Waals surface area contributed by atoms with Crippen molar-refractivity contribution in [2.75, 3.05) is 24.6 Å². The van der Waals surface area contributed by atoms with Gasteiger partial charge < -0.3 is 16.2 Å². The molecular formula is C10H17N3O3S. The third-order valence-corrected chi connectivity index (χ3v) is 3.66. The smallest absolute Gasteiger partial charge is 0.242 e. The second-order valence-corrected chi connectivity index (χ2v) is 5.55. The van der Waals surface area contributed by atoms with Crippen LogP contribution in [0.2, 0.25) is 0 Å². The Labute approximate surface area is 101 Å². The molecule has 0 aliphatic carbocycles. The Hall–Kier alpha value is -1.31. The Morgan fingerprint density at radius 3 is 2.59 bits per heavy atom. The summed E-state index contributed by atoms with van der Waals surface area (Å²) in [4.78, 5) is 0.0441. The van der Waals surface area contributed by atoms with Crippen molar-refractivity contribution in [3.63, 3.8) is 0 Å². The van der Waals surface area contributed by atoms with Crippen LogP contribution in [0.3, 0.4) is 0 Å². The van der Waals surface area contributed by atoms with Crippen molar-refractivity contribution in [3.05, 3.63) is 18.2 Å². The molecule has 7 heteroatoms. The largest absolute Gasteiger partial charge is 0.398 e. The van der Waals surface area contributed by atoms with E-state index >= 15 is 0 Å². The van der Waals surface area contributed by atoms with E-state index in [9.17, 15) is 8.42 Å². The Bertz CT molecular complexity index is 486. The summed E-state index contributed by atoms with van der Waals surface area (Å²) in [6, 6.07) is 4.54. The molecule has 6 nitrogen and oxygen atoms in total. The SMILES string of the molecule is CNS(=O)(=O)c1ccc(NCC(C)O)cc1N. The van der Waals surface area contributed by atoms with E-state index in [1.54, 1.807) is 13.0 Å². The fourth-order valence-electron chi connectivity index (χ4n) is 1.28. The zero-order chi connectivity index (χ0) is 13.1. The van der Waals surface area contributed by atoms with Gasteiger partial charge in [0.1, 0.15) is 4.90 Å². The van der Waals surface area contributed by atoms with Gasteiger partial charge in [-0.1, -0.05) is 0 Å². The minimum absolute atomic E-state index is 0.0441. The summed E-state index contributed by atoms with van der Waals surface area (Å²) < 4.78 is 25.3. The summed E-state index contributed by atoms with van der Waals surface area (Å²) in [5, 5.41) is 12.0. The van der Waals surface area contributed by atoms with Crippen LogP contribution in [0.5, 0.6) is 0 Å². The van der Waals surface area contributed by atoms with Gasteiger partial charge in [-0.05, 0) is 32.2 Å². The molecule has 0 bridgehead atoms. The monoisotopic (exact) mass is 259 g/mol. The molecule has 1 rings (SSSR count). The molecule has 0 saturated heterocycles. The van der Waals surface area contributed by atoms with Gasteiger partial charge in [0.05, 0.1) is 11.8 Å². The molecule has 0 aliphatic heterocycles. The average Bonchev–Trinajstić information content (AvgIpc) is 2.26. The highest BCUT2D eigenvalue weighted by Crippen LogP contribution is 2.22. The lowest BCUT2D eigenvalue weighted by atomic mass is 10.2. The highest BCUT2D eigenvalue weighted by atomic mass is 32.2. The standard InChI is InChI=1S/C10H17N3O3S/c1-7(14)6-13-8-3-4-10(9(11)5-8)17(15,16)12-2/h3-5,7,12-14H,6,11H2,1-2H3. The van der Waals surface area contributed by atoms with Crippen LogP contribution >= 0.6 is 0 Å². The van der Waals surface area contributed by atoms with Crippen molar-refractivity contribution in [1.29, 1.82) is 0 Å². The van der Waals surface area contributed by atoms with Gasteiger partial charge in [-0.2, -0.15) is 0 Å². The van der Waals surface area contributed by atoms with E-state index in [4.69, 9.17) is 10.8 Å². The minimum Gasteiger partial charge on any atom is -0.398 e. The van der Waals surface area contributed by atoms with Crippen LogP contribution in [-0.2, 0) is 10.0 Å². The zero-order valence-corrected chi connectivity index (χ0v) is 10.6. The van der Waals surface area contributed by atoms with E-state index in [2.05, 4.69) is 10.0 Å². The molecule has 1 unspecified atom stereocenters.